The first kappa shape index (κ1) is 22.5. The molecule has 0 aliphatic heterocycles. The first-order valence-electron chi connectivity index (χ1n) is 7.88. The van der Waals surface area contributed by atoms with Crippen LogP contribution in [-0.2, 0) is 21.0 Å². The van der Waals surface area contributed by atoms with Crippen molar-refractivity contribution in [2.75, 3.05) is 18.4 Å². The zero-order valence-electron chi connectivity index (χ0n) is 14.4. The monoisotopic (exact) mass is 454 g/mol. The predicted octanol–water partition coefficient (Wildman–Crippen LogP) is 4.66. The lowest BCUT2D eigenvalue weighted by Crippen LogP contribution is -2.38. The summed E-state index contributed by atoms with van der Waals surface area (Å²) in [4.78, 5) is 12.0. The van der Waals surface area contributed by atoms with Gasteiger partial charge in [0.05, 0.1) is 32.7 Å². The maximum Gasteiger partial charge on any atom is 0.418 e. The van der Waals surface area contributed by atoms with Gasteiger partial charge in [0.25, 0.3) is 0 Å². The van der Waals surface area contributed by atoms with Crippen LogP contribution in [0.3, 0.4) is 0 Å². The number of carbonyl (C=O) groups excluding carboxylic acids is 1. The Labute approximate surface area is 170 Å². The Bertz CT molecular complexity index is 982. The van der Waals surface area contributed by atoms with Gasteiger partial charge < -0.3 is 5.32 Å². The molecular weight excluding hydrogens is 440 g/mol. The maximum absolute atomic E-state index is 13.0. The largest absolute Gasteiger partial charge is 0.418 e. The van der Waals surface area contributed by atoms with Gasteiger partial charge in [0.1, 0.15) is 0 Å². The van der Waals surface area contributed by atoms with Gasteiger partial charge in [-0.05, 0) is 30.3 Å². The summed E-state index contributed by atoms with van der Waals surface area (Å²) in [6.45, 7) is 0.730. The highest BCUT2D eigenvalue weighted by molar-refractivity contribution is 7.89. The Balaban J connectivity index is 2.23. The average molecular weight is 455 g/mol. The Morgan fingerprint density at radius 1 is 1.11 bits per heavy atom. The van der Waals surface area contributed by atoms with E-state index >= 15 is 0 Å². The smallest absolute Gasteiger partial charge is 0.324 e. The normalized spacial score (nSPS) is 12.2. The van der Waals surface area contributed by atoms with Crippen molar-refractivity contribution in [2.45, 2.75) is 18.0 Å². The van der Waals surface area contributed by atoms with Crippen LogP contribution in [0.4, 0.5) is 18.9 Å². The quantitative estimate of drug-likeness (QED) is 0.689. The highest BCUT2D eigenvalue weighted by Crippen LogP contribution is 2.34. The fraction of sp³-hybridized carbons (Fsp3) is 0.235. The van der Waals surface area contributed by atoms with Crippen LogP contribution in [0.15, 0.2) is 47.4 Å². The lowest BCUT2D eigenvalue weighted by atomic mass is 10.1. The van der Waals surface area contributed by atoms with Gasteiger partial charge >= 0.3 is 6.18 Å². The summed E-state index contributed by atoms with van der Waals surface area (Å²) in [6.07, 6.45) is -4.67. The molecule has 5 nitrogen and oxygen atoms in total. The van der Waals surface area contributed by atoms with Gasteiger partial charge in [0, 0.05) is 6.54 Å². The number of likely N-dealkylation sites (N-methyl/N-ethyl adjacent to an activating group) is 1. The van der Waals surface area contributed by atoms with Gasteiger partial charge in [-0.15, -0.1) is 0 Å². The minimum atomic E-state index is -4.67. The summed E-state index contributed by atoms with van der Waals surface area (Å²) in [5.74, 6) is -0.915. The van der Waals surface area contributed by atoms with Crippen LogP contribution >= 0.6 is 23.2 Å². The molecule has 0 aliphatic carbocycles. The van der Waals surface area contributed by atoms with Crippen LogP contribution in [0, 0.1) is 0 Å². The number of rotatable bonds is 6. The molecule has 0 aliphatic rings. The van der Waals surface area contributed by atoms with Crippen molar-refractivity contribution in [1.29, 1.82) is 0 Å². The van der Waals surface area contributed by atoms with Crippen LogP contribution in [0.2, 0.25) is 10.0 Å². The zero-order valence-corrected chi connectivity index (χ0v) is 16.8. The molecule has 0 unspecified atom stereocenters. The van der Waals surface area contributed by atoms with E-state index in [0.29, 0.717) is 0 Å². The second kappa shape index (κ2) is 8.69. The van der Waals surface area contributed by atoms with E-state index in [1.54, 1.807) is 0 Å². The van der Waals surface area contributed by atoms with Crippen LogP contribution < -0.4 is 5.32 Å². The van der Waals surface area contributed by atoms with E-state index in [1.165, 1.54) is 31.2 Å². The van der Waals surface area contributed by atoms with Crippen molar-refractivity contribution in [3.8, 4) is 0 Å². The number of anilines is 1. The second-order valence-corrected chi connectivity index (χ2v) is 8.35. The Morgan fingerprint density at radius 2 is 1.75 bits per heavy atom. The molecule has 0 saturated heterocycles. The van der Waals surface area contributed by atoms with Gasteiger partial charge in [-0.1, -0.05) is 42.3 Å². The van der Waals surface area contributed by atoms with Crippen LogP contribution in [0.5, 0.6) is 0 Å². The van der Waals surface area contributed by atoms with E-state index in [0.717, 1.165) is 22.5 Å². The summed E-state index contributed by atoms with van der Waals surface area (Å²) in [5.41, 5.74) is -1.48. The summed E-state index contributed by atoms with van der Waals surface area (Å²) in [7, 11) is -4.11. The third-order valence-corrected chi connectivity index (χ3v) is 6.36. The summed E-state index contributed by atoms with van der Waals surface area (Å²) >= 11 is 11.6. The van der Waals surface area contributed by atoms with Crippen LogP contribution in [-0.4, -0.2) is 31.7 Å². The Kier molecular flexibility index (Phi) is 6.97. The van der Waals surface area contributed by atoms with Crippen molar-refractivity contribution in [3.63, 3.8) is 0 Å². The van der Waals surface area contributed by atoms with Crippen molar-refractivity contribution in [3.05, 3.63) is 58.1 Å². The summed E-state index contributed by atoms with van der Waals surface area (Å²) in [6, 6.07) is 8.08. The molecule has 11 heteroatoms. The molecular formula is C17H15Cl2F3N2O3S. The fourth-order valence-corrected chi connectivity index (χ4v) is 4.14. The summed E-state index contributed by atoms with van der Waals surface area (Å²) in [5, 5.41) is 2.29. The standard InChI is InChI=1S/C17H15Cl2F3N2O3S/c1-2-24(28(26,27)11-7-8-13(18)14(19)9-11)10-16(25)23-15-6-4-3-5-12(15)17(20,21)22/h3-9H,2,10H2,1H3,(H,23,25). The number of para-hydroxylation sites is 1. The molecule has 1 amide bonds. The van der Waals surface area contributed by atoms with E-state index in [-0.39, 0.29) is 21.5 Å². The van der Waals surface area contributed by atoms with Gasteiger partial charge in [-0.2, -0.15) is 17.5 Å². The first-order valence-corrected chi connectivity index (χ1v) is 10.1. The Hall–Kier alpha value is -1.81. The fourth-order valence-electron chi connectivity index (χ4n) is 2.34. The van der Waals surface area contributed by atoms with Crippen molar-refractivity contribution in [2.24, 2.45) is 0 Å². The lowest BCUT2D eigenvalue weighted by Gasteiger charge is -2.21. The third-order valence-electron chi connectivity index (χ3n) is 3.71. The molecule has 0 radical (unpaired) electrons. The Morgan fingerprint density at radius 3 is 2.32 bits per heavy atom. The predicted molar refractivity (Wildman–Crippen MR) is 101 cm³/mol. The van der Waals surface area contributed by atoms with E-state index in [2.05, 4.69) is 5.32 Å². The number of halogens is 5. The second-order valence-electron chi connectivity index (χ2n) is 5.60. The molecule has 152 valence electrons. The highest BCUT2D eigenvalue weighted by atomic mass is 35.5. The molecule has 0 aromatic heterocycles. The van der Waals surface area contributed by atoms with Crippen LogP contribution in [0.25, 0.3) is 0 Å². The number of nitrogens with zero attached hydrogens (tertiary/aromatic N) is 1. The number of amides is 1. The van der Waals surface area contributed by atoms with Crippen LogP contribution in [0.1, 0.15) is 12.5 Å². The number of hydrogen-bond donors (Lipinski definition) is 1. The van der Waals surface area contributed by atoms with E-state index in [9.17, 15) is 26.4 Å². The number of nitrogens with one attached hydrogen (secondary N) is 1. The molecule has 2 aromatic carbocycles. The van der Waals surface area contributed by atoms with Gasteiger partial charge in [0.15, 0.2) is 0 Å². The molecule has 0 spiro atoms. The van der Waals surface area contributed by atoms with Gasteiger partial charge in [-0.3, -0.25) is 4.79 Å². The molecule has 0 bridgehead atoms. The molecule has 1 N–H and O–H groups in total. The van der Waals surface area contributed by atoms with Gasteiger partial charge in [0.2, 0.25) is 15.9 Å². The van der Waals surface area contributed by atoms with E-state index in [1.807, 2.05) is 0 Å². The number of carbonyl (C=O) groups is 1. The molecule has 0 saturated carbocycles. The summed E-state index contributed by atoms with van der Waals surface area (Å²) < 4.78 is 65.3. The molecule has 0 heterocycles. The number of hydrogen-bond acceptors (Lipinski definition) is 3. The lowest BCUT2D eigenvalue weighted by molar-refractivity contribution is -0.137. The van der Waals surface area contributed by atoms with Crippen molar-refractivity contribution >= 4 is 44.8 Å². The number of alkyl halides is 3. The topological polar surface area (TPSA) is 66.5 Å². The molecule has 2 aromatic rings. The number of benzene rings is 2. The van der Waals surface area contributed by atoms with E-state index in [4.69, 9.17) is 23.2 Å². The minimum absolute atomic E-state index is 0.0161. The minimum Gasteiger partial charge on any atom is -0.324 e. The SMILES string of the molecule is CCN(CC(=O)Nc1ccccc1C(F)(F)F)S(=O)(=O)c1ccc(Cl)c(Cl)c1. The van der Waals surface area contributed by atoms with Crippen molar-refractivity contribution < 1.29 is 26.4 Å². The first-order chi connectivity index (χ1) is 13.0. The third kappa shape index (κ3) is 5.16. The molecule has 2 rings (SSSR count). The zero-order chi connectivity index (χ0) is 21.1. The van der Waals surface area contributed by atoms with Crippen molar-refractivity contribution in [1.82, 2.24) is 4.31 Å². The maximum atomic E-state index is 13.0. The number of sulfonamides is 1. The average Bonchev–Trinajstić information content (AvgIpc) is 2.61. The molecule has 0 fully saturated rings. The molecule has 28 heavy (non-hydrogen) atoms. The van der Waals surface area contributed by atoms with E-state index < -0.39 is 39.9 Å². The van der Waals surface area contributed by atoms with Gasteiger partial charge in [-0.25, -0.2) is 8.42 Å². The highest BCUT2D eigenvalue weighted by Gasteiger charge is 2.34. The molecule has 0 atom stereocenters.